The van der Waals surface area contributed by atoms with Crippen molar-refractivity contribution in [2.24, 2.45) is 10.6 Å². The Morgan fingerprint density at radius 2 is 2.10 bits per heavy atom. The predicted molar refractivity (Wildman–Crippen MR) is 75.2 cm³/mol. The molecule has 1 aliphatic carbocycles. The number of carboxylic acid groups (broad SMARTS) is 1. The second kappa shape index (κ2) is 5.06. The van der Waals surface area contributed by atoms with Gasteiger partial charge in [0, 0.05) is 12.2 Å². The van der Waals surface area contributed by atoms with E-state index in [1.807, 2.05) is 0 Å². The van der Waals surface area contributed by atoms with Gasteiger partial charge in [-0.1, -0.05) is 13.3 Å². The van der Waals surface area contributed by atoms with Gasteiger partial charge in [-0.3, -0.25) is 0 Å². The maximum Gasteiger partial charge on any atom is 0.337 e. The van der Waals surface area contributed by atoms with Crippen molar-refractivity contribution in [3.05, 3.63) is 23.8 Å². The van der Waals surface area contributed by atoms with Crippen LogP contribution in [0.3, 0.4) is 0 Å². The van der Waals surface area contributed by atoms with E-state index >= 15 is 0 Å². The lowest BCUT2D eigenvalue weighted by Gasteiger charge is -2.38. The van der Waals surface area contributed by atoms with Crippen LogP contribution in [0, 0.1) is 5.41 Å². The van der Waals surface area contributed by atoms with Gasteiger partial charge in [0.25, 0.3) is 0 Å². The van der Waals surface area contributed by atoms with E-state index < -0.39 is 16.0 Å². The van der Waals surface area contributed by atoms with Crippen LogP contribution in [0.25, 0.3) is 0 Å². The van der Waals surface area contributed by atoms with E-state index in [4.69, 9.17) is 5.14 Å². The molecule has 0 aromatic heterocycles. The van der Waals surface area contributed by atoms with Gasteiger partial charge in [-0.15, -0.1) is 0 Å². The molecule has 1 fully saturated rings. The number of primary sulfonamides is 1. The number of aromatic carboxylic acids is 1. The SMILES string of the molecule is CC1(CNc2ccc(S(N)(=O)=O)cc2C(=O)O)CCC1. The van der Waals surface area contributed by atoms with Crippen molar-refractivity contribution >= 4 is 21.7 Å². The predicted octanol–water partition coefficient (Wildman–Crippen LogP) is 1.63. The Bertz CT molecular complexity index is 636. The first-order chi connectivity index (χ1) is 9.21. The Kier molecular flexibility index (Phi) is 3.75. The van der Waals surface area contributed by atoms with E-state index in [1.54, 1.807) is 0 Å². The van der Waals surface area contributed by atoms with Gasteiger partial charge in [0.1, 0.15) is 0 Å². The molecule has 6 nitrogen and oxygen atoms in total. The maximum absolute atomic E-state index is 11.3. The molecular weight excluding hydrogens is 280 g/mol. The van der Waals surface area contributed by atoms with Crippen LogP contribution in [0.1, 0.15) is 36.5 Å². The van der Waals surface area contributed by atoms with Gasteiger partial charge in [-0.2, -0.15) is 0 Å². The average Bonchev–Trinajstić information content (AvgIpc) is 2.32. The third-order valence-corrected chi connectivity index (χ3v) is 4.73. The molecule has 0 radical (unpaired) electrons. The van der Waals surface area contributed by atoms with Gasteiger partial charge in [0.2, 0.25) is 10.0 Å². The molecule has 0 saturated heterocycles. The quantitative estimate of drug-likeness (QED) is 0.765. The van der Waals surface area contributed by atoms with Crippen LogP contribution >= 0.6 is 0 Å². The summed E-state index contributed by atoms with van der Waals surface area (Å²) in [6.07, 6.45) is 3.41. The Hall–Kier alpha value is -1.60. The van der Waals surface area contributed by atoms with Gasteiger partial charge >= 0.3 is 5.97 Å². The lowest BCUT2D eigenvalue weighted by Crippen LogP contribution is -2.33. The highest BCUT2D eigenvalue weighted by Gasteiger charge is 2.31. The fourth-order valence-corrected chi connectivity index (χ4v) is 2.84. The highest BCUT2D eigenvalue weighted by Crippen LogP contribution is 2.40. The zero-order valence-corrected chi connectivity index (χ0v) is 12.0. The Balaban J connectivity index is 2.26. The van der Waals surface area contributed by atoms with Crippen molar-refractivity contribution < 1.29 is 18.3 Å². The van der Waals surface area contributed by atoms with Crippen molar-refractivity contribution in [3.63, 3.8) is 0 Å². The van der Waals surface area contributed by atoms with Crippen LogP contribution in [-0.2, 0) is 10.0 Å². The number of sulfonamides is 1. The molecule has 1 aromatic rings. The minimum atomic E-state index is -3.90. The molecule has 20 heavy (non-hydrogen) atoms. The standard InChI is InChI=1S/C13H18N2O4S/c1-13(5-2-6-13)8-15-11-4-3-9(20(14,18)19)7-10(11)12(16)17/h3-4,7,15H,2,5-6,8H2,1H3,(H,16,17)(H2,14,18,19). The molecule has 0 amide bonds. The number of benzene rings is 1. The molecule has 0 bridgehead atoms. The van der Waals surface area contributed by atoms with Crippen LogP contribution in [-0.4, -0.2) is 26.0 Å². The molecule has 1 aromatic carbocycles. The van der Waals surface area contributed by atoms with Gasteiger partial charge in [-0.25, -0.2) is 18.4 Å². The monoisotopic (exact) mass is 298 g/mol. The van der Waals surface area contributed by atoms with Gasteiger partial charge in [-0.05, 0) is 36.5 Å². The summed E-state index contributed by atoms with van der Waals surface area (Å²) in [6, 6.07) is 3.85. The smallest absolute Gasteiger partial charge is 0.337 e. The Labute approximate surface area is 118 Å². The number of nitrogens with one attached hydrogen (secondary N) is 1. The number of carboxylic acids is 1. The van der Waals surface area contributed by atoms with E-state index in [0.717, 1.165) is 18.9 Å². The van der Waals surface area contributed by atoms with Crippen LogP contribution in [0.4, 0.5) is 5.69 Å². The molecular formula is C13H18N2O4S. The van der Waals surface area contributed by atoms with Crippen molar-refractivity contribution in [1.82, 2.24) is 0 Å². The van der Waals surface area contributed by atoms with E-state index in [-0.39, 0.29) is 15.9 Å². The highest BCUT2D eigenvalue weighted by molar-refractivity contribution is 7.89. The van der Waals surface area contributed by atoms with Crippen LogP contribution < -0.4 is 10.5 Å². The van der Waals surface area contributed by atoms with Crippen molar-refractivity contribution in [2.45, 2.75) is 31.1 Å². The molecule has 0 atom stereocenters. The van der Waals surface area contributed by atoms with Crippen molar-refractivity contribution in [1.29, 1.82) is 0 Å². The summed E-state index contributed by atoms with van der Waals surface area (Å²) in [5, 5.41) is 17.3. The second-order valence-electron chi connectivity index (χ2n) is 5.58. The lowest BCUT2D eigenvalue weighted by atomic mass is 9.70. The number of hydrogen-bond acceptors (Lipinski definition) is 4. The van der Waals surface area contributed by atoms with Gasteiger partial charge < -0.3 is 10.4 Å². The van der Waals surface area contributed by atoms with Crippen molar-refractivity contribution in [3.8, 4) is 0 Å². The third kappa shape index (κ3) is 3.10. The Morgan fingerprint density at radius 1 is 1.45 bits per heavy atom. The van der Waals surface area contributed by atoms with E-state index in [2.05, 4.69) is 12.2 Å². The zero-order valence-electron chi connectivity index (χ0n) is 11.2. The molecule has 0 aliphatic heterocycles. The summed E-state index contributed by atoms with van der Waals surface area (Å²) in [4.78, 5) is 11.0. The number of hydrogen-bond donors (Lipinski definition) is 3. The van der Waals surface area contributed by atoms with Gasteiger partial charge in [0.15, 0.2) is 0 Å². The second-order valence-corrected chi connectivity index (χ2v) is 7.14. The Morgan fingerprint density at radius 3 is 2.55 bits per heavy atom. The molecule has 0 unspecified atom stereocenters. The van der Waals surface area contributed by atoms with E-state index in [1.165, 1.54) is 18.6 Å². The van der Waals surface area contributed by atoms with Gasteiger partial charge in [0.05, 0.1) is 10.5 Å². The molecule has 110 valence electrons. The normalized spacial score (nSPS) is 17.3. The van der Waals surface area contributed by atoms with Crippen LogP contribution in [0.15, 0.2) is 23.1 Å². The number of carbonyl (C=O) groups is 1. The molecule has 1 saturated carbocycles. The van der Waals surface area contributed by atoms with Crippen molar-refractivity contribution in [2.75, 3.05) is 11.9 Å². The molecule has 0 spiro atoms. The fourth-order valence-electron chi connectivity index (χ4n) is 2.30. The first-order valence-corrected chi connectivity index (χ1v) is 7.90. The molecule has 1 aliphatic rings. The van der Waals surface area contributed by atoms with E-state index in [9.17, 15) is 18.3 Å². The molecule has 0 heterocycles. The maximum atomic E-state index is 11.3. The number of anilines is 1. The molecule has 2 rings (SSSR count). The summed E-state index contributed by atoms with van der Waals surface area (Å²) in [5.41, 5.74) is 0.520. The lowest BCUT2D eigenvalue weighted by molar-refractivity contribution is 0.0697. The summed E-state index contributed by atoms with van der Waals surface area (Å²) >= 11 is 0. The summed E-state index contributed by atoms with van der Waals surface area (Å²) in [5.74, 6) is -1.18. The van der Waals surface area contributed by atoms with Crippen LogP contribution in [0.5, 0.6) is 0 Å². The highest BCUT2D eigenvalue weighted by atomic mass is 32.2. The number of nitrogens with two attached hydrogens (primary N) is 1. The van der Waals surface area contributed by atoms with E-state index in [0.29, 0.717) is 12.2 Å². The number of rotatable bonds is 5. The molecule has 4 N–H and O–H groups in total. The summed E-state index contributed by atoms with van der Waals surface area (Å²) in [6.45, 7) is 2.81. The first kappa shape index (κ1) is 14.8. The average molecular weight is 298 g/mol. The largest absolute Gasteiger partial charge is 0.478 e. The minimum absolute atomic E-state index is 0.0838. The van der Waals surface area contributed by atoms with Crippen LogP contribution in [0.2, 0.25) is 0 Å². The molecule has 7 heteroatoms. The summed E-state index contributed by atoms with van der Waals surface area (Å²) < 4.78 is 22.5. The third-order valence-electron chi connectivity index (χ3n) is 3.82. The minimum Gasteiger partial charge on any atom is -0.478 e. The summed E-state index contributed by atoms with van der Waals surface area (Å²) in [7, 11) is -3.90. The zero-order chi connectivity index (χ0) is 15.0. The topological polar surface area (TPSA) is 109 Å². The first-order valence-electron chi connectivity index (χ1n) is 6.35. The fraction of sp³-hybridized carbons (Fsp3) is 0.462.